The summed E-state index contributed by atoms with van der Waals surface area (Å²) in [6.45, 7) is 4.34. The highest BCUT2D eigenvalue weighted by molar-refractivity contribution is 6.26. The number of aromatic nitrogens is 7. The van der Waals surface area contributed by atoms with Gasteiger partial charge < -0.3 is 9.47 Å². The van der Waals surface area contributed by atoms with Gasteiger partial charge in [0.1, 0.15) is 0 Å². The molecule has 20 aromatic rings. The maximum absolute atomic E-state index is 5.09. The Kier molecular flexibility index (Phi) is 16.9. The first-order chi connectivity index (χ1) is 55.3. The number of para-hydroxylation sites is 3. The van der Waals surface area contributed by atoms with Crippen LogP contribution < -0.4 is 4.90 Å². The van der Waals surface area contributed by atoms with E-state index in [4.69, 9.17) is 29.9 Å². The number of hydrogen-bond acceptors (Lipinski definition) is 7. The lowest BCUT2D eigenvalue weighted by molar-refractivity contribution is 1.07. The van der Waals surface area contributed by atoms with Crippen molar-refractivity contribution >= 4 is 71.2 Å². The average Bonchev–Trinajstić information content (AvgIpc) is 1.03. The monoisotopic (exact) mass is 1430 g/mol. The molecule has 17 aromatic carbocycles. The Balaban J connectivity index is 0.000000146. The van der Waals surface area contributed by atoms with Crippen LogP contribution in [0.5, 0.6) is 0 Å². The summed E-state index contributed by atoms with van der Waals surface area (Å²) in [4.78, 5) is 32.4. The summed E-state index contributed by atoms with van der Waals surface area (Å²) in [5.41, 5.74) is 26.7. The standard InChI is InChI=1S/C53H37N3.C51H33N5/c1-34-27-35(2)29-44(28-34)42-24-26-48-47-25-23-41(32-49(47)45-21-9-10-22-46(45)50(48)33-42)39-18-11-17-38(30-39)40-19-12-20-43(31-40)53-55-51(36-13-5-3-6-14-36)54-52(56-53)37-15-7-4-8-16-37;1-4-17-34(18-5-1)49-52-50(35-19-6-2-7-20-35)54-51(53-49)36-21-16-24-38(31-36)56-45-29-14-12-27-41(45)39-25-10-11-26-40(39)43-32-44-42-28-13-15-30-46(42)55(48(44)33-47(43)56)37-22-8-3-9-23-37/h3-33H,1-2H3;1-33H. The number of aryl methyl sites for hydroxylation is 2. The van der Waals surface area contributed by atoms with E-state index in [0.29, 0.717) is 34.9 Å². The van der Waals surface area contributed by atoms with Crippen molar-refractivity contribution in [2.75, 3.05) is 4.90 Å². The first kappa shape index (κ1) is 66.6. The molecule has 3 aromatic heterocycles. The summed E-state index contributed by atoms with van der Waals surface area (Å²) in [5.74, 6) is 3.84. The number of hydrogen-bond donors (Lipinski definition) is 0. The molecule has 0 N–H and O–H groups in total. The van der Waals surface area contributed by atoms with Crippen LogP contribution in [0.3, 0.4) is 0 Å². The quantitative estimate of drug-likeness (QED) is 0.119. The first-order valence-corrected chi connectivity index (χ1v) is 38.0. The predicted octanol–water partition coefficient (Wildman–Crippen LogP) is 27.0. The minimum Gasteiger partial charge on any atom is -0.309 e. The summed E-state index contributed by atoms with van der Waals surface area (Å²) in [5, 5.41) is 10.0. The van der Waals surface area contributed by atoms with Gasteiger partial charge in [-0.3, -0.25) is 0 Å². The molecular formula is C104H70N8. The van der Waals surface area contributed by atoms with Crippen molar-refractivity contribution in [1.82, 2.24) is 34.5 Å². The average molecular weight is 1430 g/mol. The zero-order chi connectivity index (χ0) is 74.6. The molecular weight excluding hydrogens is 1360 g/mol. The van der Waals surface area contributed by atoms with E-state index in [1.807, 2.05) is 121 Å². The van der Waals surface area contributed by atoms with Gasteiger partial charge in [-0.2, -0.15) is 0 Å². The van der Waals surface area contributed by atoms with Gasteiger partial charge in [-0.15, -0.1) is 0 Å². The van der Waals surface area contributed by atoms with Crippen LogP contribution in [0.1, 0.15) is 11.1 Å². The summed E-state index contributed by atoms with van der Waals surface area (Å²) >= 11 is 0. The molecule has 0 radical (unpaired) electrons. The van der Waals surface area contributed by atoms with E-state index >= 15 is 0 Å². The smallest absolute Gasteiger partial charge is 0.164 e. The van der Waals surface area contributed by atoms with E-state index in [0.717, 1.165) is 72.8 Å². The second-order valence-corrected chi connectivity index (χ2v) is 28.7. The van der Waals surface area contributed by atoms with E-state index in [2.05, 4.69) is 290 Å². The van der Waals surface area contributed by atoms with Crippen molar-refractivity contribution in [3.63, 3.8) is 0 Å². The van der Waals surface area contributed by atoms with Gasteiger partial charge in [0.2, 0.25) is 0 Å². The molecule has 0 saturated carbocycles. The molecule has 1 aliphatic rings. The van der Waals surface area contributed by atoms with Gasteiger partial charge in [0.25, 0.3) is 0 Å². The molecule has 8 nitrogen and oxygen atoms in total. The summed E-state index contributed by atoms with van der Waals surface area (Å²) < 4.78 is 2.39. The highest BCUT2D eigenvalue weighted by atomic mass is 15.2. The molecule has 0 amide bonds. The number of fused-ring (bicyclic) bond motifs is 14. The van der Waals surface area contributed by atoms with Crippen LogP contribution in [0, 0.1) is 13.8 Å². The lowest BCUT2D eigenvalue weighted by Gasteiger charge is -2.28. The van der Waals surface area contributed by atoms with Gasteiger partial charge in [0.15, 0.2) is 34.9 Å². The fourth-order valence-corrected chi connectivity index (χ4v) is 16.4. The van der Waals surface area contributed by atoms with E-state index in [1.54, 1.807) is 0 Å². The lowest BCUT2D eigenvalue weighted by Crippen LogP contribution is -2.11. The van der Waals surface area contributed by atoms with Gasteiger partial charge in [-0.1, -0.05) is 327 Å². The van der Waals surface area contributed by atoms with Crippen LogP contribution in [0.25, 0.3) is 184 Å². The van der Waals surface area contributed by atoms with Crippen LogP contribution in [-0.2, 0) is 0 Å². The third-order valence-corrected chi connectivity index (χ3v) is 21.5. The second-order valence-electron chi connectivity index (χ2n) is 28.7. The molecule has 0 aliphatic carbocycles. The zero-order valence-corrected chi connectivity index (χ0v) is 61.5. The predicted molar refractivity (Wildman–Crippen MR) is 464 cm³/mol. The SMILES string of the molecule is Cc1cc(C)cc(-c2ccc3c4ccc(-c5cccc(-c6cccc(-c7nc(-c8ccccc8)nc(-c8ccccc8)n7)c6)c5)cc4c4ccccc4c3c2)c1.c1ccc(-c2nc(-c3ccccc3)nc(-c3cccc(N4c5ccccc5-c5ccccc5-c5cc6c7ccccc7n(-c7ccccc7)c6cc54)c3)n2)cc1. The normalized spacial score (nSPS) is 11.6. The van der Waals surface area contributed by atoms with E-state index < -0.39 is 0 Å². The van der Waals surface area contributed by atoms with Crippen LogP contribution in [0.2, 0.25) is 0 Å². The Morgan fingerprint density at radius 2 is 0.536 bits per heavy atom. The fraction of sp³-hybridized carbons (Fsp3) is 0.0192. The van der Waals surface area contributed by atoms with E-state index in [9.17, 15) is 0 Å². The Labute approximate surface area is 649 Å². The third kappa shape index (κ3) is 12.4. The van der Waals surface area contributed by atoms with Gasteiger partial charge in [0, 0.05) is 66.7 Å². The minimum atomic E-state index is 0.617. The topological polar surface area (TPSA) is 85.5 Å². The highest BCUT2D eigenvalue weighted by Crippen LogP contribution is 2.53. The maximum Gasteiger partial charge on any atom is 0.164 e. The number of anilines is 3. The second kappa shape index (κ2) is 28.4. The molecule has 0 fully saturated rings. The molecule has 4 heterocycles. The summed E-state index contributed by atoms with van der Waals surface area (Å²) in [6, 6.07) is 138. The molecule has 112 heavy (non-hydrogen) atoms. The molecule has 0 saturated heterocycles. The minimum absolute atomic E-state index is 0.617. The lowest BCUT2D eigenvalue weighted by atomic mass is 9.89. The molecule has 526 valence electrons. The van der Waals surface area contributed by atoms with Crippen LogP contribution in [0.4, 0.5) is 17.1 Å². The Hall–Kier alpha value is -14.9. The molecule has 21 rings (SSSR count). The van der Waals surface area contributed by atoms with Crippen molar-refractivity contribution in [2.24, 2.45) is 0 Å². The Morgan fingerprint density at radius 1 is 0.179 bits per heavy atom. The zero-order valence-electron chi connectivity index (χ0n) is 61.5. The number of benzene rings is 17. The van der Waals surface area contributed by atoms with Gasteiger partial charge in [-0.25, -0.2) is 29.9 Å². The van der Waals surface area contributed by atoms with Crippen molar-refractivity contribution in [3.8, 4) is 130 Å². The van der Waals surface area contributed by atoms with Crippen LogP contribution in [0.15, 0.2) is 388 Å². The summed E-state index contributed by atoms with van der Waals surface area (Å²) in [7, 11) is 0. The maximum atomic E-state index is 5.09. The van der Waals surface area contributed by atoms with Crippen molar-refractivity contribution < 1.29 is 0 Å². The van der Waals surface area contributed by atoms with Crippen molar-refractivity contribution in [3.05, 3.63) is 399 Å². The molecule has 0 spiro atoms. The van der Waals surface area contributed by atoms with Crippen molar-refractivity contribution in [2.45, 2.75) is 13.8 Å². The Bertz CT molecular complexity index is 6870. The van der Waals surface area contributed by atoms with Crippen molar-refractivity contribution in [1.29, 1.82) is 0 Å². The molecule has 0 unspecified atom stereocenters. The molecule has 0 bridgehead atoms. The van der Waals surface area contributed by atoms with E-state index in [1.165, 1.54) is 104 Å². The molecule has 0 atom stereocenters. The van der Waals surface area contributed by atoms with Gasteiger partial charge >= 0.3 is 0 Å². The molecule has 1 aliphatic heterocycles. The fourth-order valence-electron chi connectivity index (χ4n) is 16.4. The largest absolute Gasteiger partial charge is 0.309 e. The molecule has 8 heteroatoms. The van der Waals surface area contributed by atoms with Gasteiger partial charge in [0.05, 0.1) is 22.4 Å². The summed E-state index contributed by atoms with van der Waals surface area (Å²) in [6.07, 6.45) is 0. The Morgan fingerprint density at radius 3 is 1.05 bits per heavy atom. The number of rotatable bonds is 11. The number of nitrogens with zero attached hydrogens (tertiary/aromatic N) is 8. The highest BCUT2D eigenvalue weighted by Gasteiger charge is 2.29. The van der Waals surface area contributed by atoms with Crippen LogP contribution >= 0.6 is 0 Å². The third-order valence-electron chi connectivity index (χ3n) is 21.5. The van der Waals surface area contributed by atoms with Gasteiger partial charge in [-0.05, 0) is 163 Å². The van der Waals surface area contributed by atoms with Crippen LogP contribution in [-0.4, -0.2) is 34.5 Å². The van der Waals surface area contributed by atoms with E-state index in [-0.39, 0.29) is 0 Å². The first-order valence-electron chi connectivity index (χ1n) is 38.0.